The molecule has 3 rings (SSSR count). The fourth-order valence-corrected chi connectivity index (χ4v) is 5.51. The molecule has 2 saturated heterocycles. The lowest BCUT2D eigenvalue weighted by Gasteiger charge is -2.49. The summed E-state index contributed by atoms with van der Waals surface area (Å²) in [4.78, 5) is 0. The van der Waals surface area contributed by atoms with E-state index in [1.165, 1.54) is 0 Å². The van der Waals surface area contributed by atoms with Crippen molar-refractivity contribution in [2.45, 2.75) is 38.0 Å². The number of nitrogens with zero attached hydrogens (tertiary/aromatic N) is 1. The molecule has 134 valence electrons. The lowest BCUT2D eigenvalue weighted by atomic mass is 9.73. The van der Waals surface area contributed by atoms with Crippen LogP contribution in [0, 0.1) is 5.41 Å². The summed E-state index contributed by atoms with van der Waals surface area (Å²) in [5.41, 5.74) is 0.634. The van der Waals surface area contributed by atoms with Gasteiger partial charge in [-0.05, 0) is 31.7 Å². The Balaban J connectivity index is 1.76. The van der Waals surface area contributed by atoms with Crippen LogP contribution < -0.4 is 0 Å². The maximum Gasteiger partial charge on any atom is 0.218 e. The molecule has 0 N–H and O–H groups in total. The van der Waals surface area contributed by atoms with Crippen LogP contribution in [0.15, 0.2) is 30.3 Å². The van der Waals surface area contributed by atoms with Crippen molar-refractivity contribution in [3.63, 3.8) is 0 Å². The molecule has 1 aromatic carbocycles. The van der Waals surface area contributed by atoms with Crippen LogP contribution >= 0.6 is 0 Å². The molecule has 0 aromatic heterocycles. The fraction of sp³-hybridized carbons (Fsp3) is 0.667. The molecule has 5 nitrogen and oxygen atoms in total. The molecule has 0 radical (unpaired) electrons. The minimum atomic E-state index is -3.33. The van der Waals surface area contributed by atoms with Crippen molar-refractivity contribution < 1.29 is 17.9 Å². The van der Waals surface area contributed by atoms with E-state index in [1.54, 1.807) is 4.31 Å². The average molecular weight is 353 g/mol. The summed E-state index contributed by atoms with van der Waals surface area (Å²) in [5.74, 6) is 0.0596. The molecule has 2 aliphatic heterocycles. The summed E-state index contributed by atoms with van der Waals surface area (Å²) in [6, 6.07) is 9.39. The maximum atomic E-state index is 12.9. The van der Waals surface area contributed by atoms with Crippen LogP contribution in [0.5, 0.6) is 0 Å². The van der Waals surface area contributed by atoms with E-state index in [1.807, 2.05) is 37.3 Å². The van der Waals surface area contributed by atoms with Gasteiger partial charge < -0.3 is 9.47 Å². The summed E-state index contributed by atoms with van der Waals surface area (Å²) in [7, 11) is -3.33. The van der Waals surface area contributed by atoms with Gasteiger partial charge in [0.25, 0.3) is 0 Å². The second-order valence-corrected chi connectivity index (χ2v) is 8.80. The van der Waals surface area contributed by atoms with Gasteiger partial charge in [0.15, 0.2) is 0 Å². The number of rotatable bonds is 6. The van der Waals surface area contributed by atoms with Gasteiger partial charge in [0, 0.05) is 31.7 Å². The standard InChI is InChI=1S/C18H27NO4S/c1-2-22-15-18-10-6-12-23-17(18)9-11-19(14-18)24(20,21)13-16-7-4-3-5-8-16/h3-5,7-8,17H,2,6,9-15H2,1H3/t17-,18-/m1/s1. The molecule has 2 fully saturated rings. The van der Waals surface area contributed by atoms with E-state index in [9.17, 15) is 8.42 Å². The summed E-state index contributed by atoms with van der Waals surface area (Å²) in [6.07, 6.45) is 2.80. The van der Waals surface area contributed by atoms with Gasteiger partial charge in [0.05, 0.1) is 18.5 Å². The smallest absolute Gasteiger partial charge is 0.218 e. The Morgan fingerprint density at radius 1 is 1.33 bits per heavy atom. The van der Waals surface area contributed by atoms with Crippen molar-refractivity contribution in [2.24, 2.45) is 5.41 Å². The van der Waals surface area contributed by atoms with Gasteiger partial charge in [-0.25, -0.2) is 12.7 Å². The fourth-order valence-electron chi connectivity index (χ4n) is 3.88. The van der Waals surface area contributed by atoms with E-state index < -0.39 is 10.0 Å². The molecule has 24 heavy (non-hydrogen) atoms. The zero-order valence-electron chi connectivity index (χ0n) is 14.3. The molecule has 1 aromatic rings. The second kappa shape index (κ2) is 7.52. The molecule has 2 heterocycles. The Hall–Kier alpha value is -0.950. The van der Waals surface area contributed by atoms with E-state index in [-0.39, 0.29) is 17.3 Å². The van der Waals surface area contributed by atoms with Crippen molar-refractivity contribution in [3.8, 4) is 0 Å². The van der Waals surface area contributed by atoms with E-state index in [2.05, 4.69) is 0 Å². The van der Waals surface area contributed by atoms with Gasteiger partial charge in [-0.2, -0.15) is 0 Å². The van der Waals surface area contributed by atoms with Gasteiger partial charge >= 0.3 is 0 Å². The predicted octanol–water partition coefficient (Wildman–Crippen LogP) is 2.42. The van der Waals surface area contributed by atoms with Crippen molar-refractivity contribution >= 4 is 10.0 Å². The highest BCUT2D eigenvalue weighted by atomic mass is 32.2. The maximum absolute atomic E-state index is 12.9. The van der Waals surface area contributed by atoms with Crippen LogP contribution in [0.4, 0.5) is 0 Å². The third-order valence-corrected chi connectivity index (χ3v) is 6.93. The molecule has 0 amide bonds. The van der Waals surface area contributed by atoms with Gasteiger partial charge in [-0.1, -0.05) is 30.3 Å². The van der Waals surface area contributed by atoms with Gasteiger partial charge in [0.1, 0.15) is 0 Å². The van der Waals surface area contributed by atoms with Crippen LogP contribution in [0.2, 0.25) is 0 Å². The summed E-state index contributed by atoms with van der Waals surface area (Å²) in [6.45, 7) is 5.01. The van der Waals surface area contributed by atoms with Crippen molar-refractivity contribution in [3.05, 3.63) is 35.9 Å². The minimum Gasteiger partial charge on any atom is -0.381 e. The molecule has 0 spiro atoms. The highest BCUT2D eigenvalue weighted by molar-refractivity contribution is 7.88. The Bertz CT molecular complexity index is 634. The monoisotopic (exact) mass is 353 g/mol. The minimum absolute atomic E-state index is 0.0596. The lowest BCUT2D eigenvalue weighted by molar-refractivity contribution is -0.141. The summed E-state index contributed by atoms with van der Waals surface area (Å²) >= 11 is 0. The molecule has 0 unspecified atom stereocenters. The molecule has 6 heteroatoms. The van der Waals surface area contributed by atoms with Gasteiger partial charge in [0.2, 0.25) is 10.0 Å². The number of hydrogen-bond donors (Lipinski definition) is 0. The Morgan fingerprint density at radius 2 is 2.12 bits per heavy atom. The number of fused-ring (bicyclic) bond motifs is 1. The SMILES string of the molecule is CCOC[C@]12CCCO[C@@H]1CCN(S(=O)(=O)Cc1ccccc1)C2. The second-order valence-electron chi connectivity index (χ2n) is 6.83. The largest absolute Gasteiger partial charge is 0.381 e. The quantitative estimate of drug-likeness (QED) is 0.788. The van der Waals surface area contributed by atoms with Crippen LogP contribution in [-0.4, -0.2) is 51.7 Å². The first kappa shape index (κ1) is 17.9. The number of benzene rings is 1. The third kappa shape index (κ3) is 3.82. The van der Waals surface area contributed by atoms with Crippen LogP contribution in [0.3, 0.4) is 0 Å². The highest BCUT2D eigenvalue weighted by Crippen LogP contribution is 2.41. The molecular weight excluding hydrogens is 326 g/mol. The lowest BCUT2D eigenvalue weighted by Crippen LogP contribution is -2.58. The number of ether oxygens (including phenoxy) is 2. The van der Waals surface area contributed by atoms with E-state index in [0.717, 1.165) is 31.4 Å². The third-order valence-electron chi connectivity index (χ3n) is 5.13. The zero-order chi connectivity index (χ0) is 17.0. The zero-order valence-corrected chi connectivity index (χ0v) is 15.1. The molecule has 2 aliphatic rings. The average Bonchev–Trinajstić information content (AvgIpc) is 2.60. The topological polar surface area (TPSA) is 55.8 Å². The molecule has 0 saturated carbocycles. The van der Waals surface area contributed by atoms with Crippen molar-refractivity contribution in [2.75, 3.05) is 32.9 Å². The van der Waals surface area contributed by atoms with Crippen LogP contribution in [-0.2, 0) is 25.2 Å². The van der Waals surface area contributed by atoms with Gasteiger partial charge in [-0.3, -0.25) is 0 Å². The summed E-state index contributed by atoms with van der Waals surface area (Å²) < 4.78 is 39.1. The predicted molar refractivity (Wildman–Crippen MR) is 93.2 cm³/mol. The van der Waals surface area contributed by atoms with Gasteiger partial charge in [-0.15, -0.1) is 0 Å². The first-order chi connectivity index (χ1) is 11.6. The Morgan fingerprint density at radius 3 is 2.88 bits per heavy atom. The Kier molecular flexibility index (Phi) is 5.59. The normalized spacial score (nSPS) is 28.5. The van der Waals surface area contributed by atoms with E-state index >= 15 is 0 Å². The highest BCUT2D eigenvalue weighted by Gasteiger charge is 2.48. The van der Waals surface area contributed by atoms with E-state index in [4.69, 9.17) is 9.47 Å². The van der Waals surface area contributed by atoms with Crippen molar-refractivity contribution in [1.29, 1.82) is 0 Å². The molecule has 0 aliphatic carbocycles. The molecular formula is C18H27NO4S. The molecule has 0 bridgehead atoms. The van der Waals surface area contributed by atoms with Crippen LogP contribution in [0.1, 0.15) is 31.7 Å². The first-order valence-corrected chi connectivity index (χ1v) is 10.4. The number of hydrogen-bond acceptors (Lipinski definition) is 4. The van der Waals surface area contributed by atoms with Crippen molar-refractivity contribution in [1.82, 2.24) is 4.31 Å². The Labute approximate surface area is 145 Å². The first-order valence-electron chi connectivity index (χ1n) is 8.77. The molecule has 2 atom stereocenters. The number of sulfonamides is 1. The van der Waals surface area contributed by atoms with E-state index in [0.29, 0.717) is 26.3 Å². The number of piperidine rings is 1. The summed E-state index contributed by atoms with van der Waals surface area (Å²) in [5, 5.41) is 0. The van der Waals surface area contributed by atoms with Crippen LogP contribution in [0.25, 0.3) is 0 Å².